The van der Waals surface area contributed by atoms with Crippen LogP contribution >= 0.6 is 0 Å². The third kappa shape index (κ3) is 5.57. The van der Waals surface area contributed by atoms with Crippen molar-refractivity contribution in [3.63, 3.8) is 0 Å². The summed E-state index contributed by atoms with van der Waals surface area (Å²) in [5, 5.41) is 7.50. The van der Waals surface area contributed by atoms with Gasteiger partial charge in [-0.05, 0) is 57.1 Å². The number of carbonyl (C=O) groups excluding carboxylic acids is 2. The lowest BCUT2D eigenvalue weighted by atomic mass is 10.1. The number of rotatable bonds is 4. The van der Waals surface area contributed by atoms with Crippen molar-refractivity contribution < 1.29 is 9.59 Å². The van der Waals surface area contributed by atoms with Crippen LogP contribution in [0.25, 0.3) is 10.8 Å². The SMILES string of the molecule is CC(C(=O)NC(=O)NC(C)(C)C)N(C)Cc1ccc2ccccc2c1. The number of urea groups is 1. The van der Waals surface area contributed by atoms with Crippen molar-refractivity contribution in [1.29, 1.82) is 0 Å². The molecule has 0 saturated heterocycles. The molecule has 0 spiro atoms. The molecule has 5 nitrogen and oxygen atoms in total. The van der Waals surface area contributed by atoms with Gasteiger partial charge in [-0.15, -0.1) is 0 Å². The van der Waals surface area contributed by atoms with E-state index in [4.69, 9.17) is 0 Å². The van der Waals surface area contributed by atoms with Gasteiger partial charge in [0, 0.05) is 12.1 Å². The quantitative estimate of drug-likeness (QED) is 0.897. The average Bonchev–Trinajstić information content (AvgIpc) is 2.52. The van der Waals surface area contributed by atoms with Crippen molar-refractivity contribution in [3.8, 4) is 0 Å². The Morgan fingerprint density at radius 2 is 1.72 bits per heavy atom. The van der Waals surface area contributed by atoms with Crippen molar-refractivity contribution >= 4 is 22.7 Å². The van der Waals surface area contributed by atoms with Crippen LogP contribution in [-0.4, -0.2) is 35.5 Å². The first-order valence-electron chi connectivity index (χ1n) is 8.46. The Balaban J connectivity index is 1.97. The van der Waals surface area contributed by atoms with Gasteiger partial charge >= 0.3 is 6.03 Å². The summed E-state index contributed by atoms with van der Waals surface area (Å²) in [5.41, 5.74) is 0.741. The number of hydrogen-bond acceptors (Lipinski definition) is 3. The van der Waals surface area contributed by atoms with E-state index in [1.165, 1.54) is 10.8 Å². The summed E-state index contributed by atoms with van der Waals surface area (Å²) in [6.07, 6.45) is 0. The minimum Gasteiger partial charge on any atom is -0.333 e. The molecule has 0 heterocycles. The third-order valence-corrected chi connectivity index (χ3v) is 4.01. The Morgan fingerprint density at radius 3 is 2.36 bits per heavy atom. The van der Waals surface area contributed by atoms with Crippen molar-refractivity contribution in [1.82, 2.24) is 15.5 Å². The van der Waals surface area contributed by atoms with Crippen LogP contribution in [0.5, 0.6) is 0 Å². The van der Waals surface area contributed by atoms with Crippen LogP contribution in [0.4, 0.5) is 4.79 Å². The molecule has 0 aliphatic rings. The highest BCUT2D eigenvalue weighted by Crippen LogP contribution is 2.17. The van der Waals surface area contributed by atoms with Crippen LogP contribution in [0.2, 0.25) is 0 Å². The maximum absolute atomic E-state index is 12.3. The van der Waals surface area contributed by atoms with Crippen LogP contribution in [0.15, 0.2) is 42.5 Å². The van der Waals surface area contributed by atoms with E-state index in [1.807, 2.05) is 44.9 Å². The van der Waals surface area contributed by atoms with Crippen LogP contribution < -0.4 is 10.6 Å². The highest BCUT2D eigenvalue weighted by molar-refractivity contribution is 5.97. The number of nitrogens with one attached hydrogen (secondary N) is 2. The first-order chi connectivity index (χ1) is 11.7. The molecule has 0 aliphatic heterocycles. The topological polar surface area (TPSA) is 61.4 Å². The van der Waals surface area contributed by atoms with E-state index in [1.54, 1.807) is 6.92 Å². The van der Waals surface area contributed by atoms with Crippen LogP contribution in [-0.2, 0) is 11.3 Å². The van der Waals surface area contributed by atoms with Gasteiger partial charge in [0.2, 0.25) is 5.91 Å². The largest absolute Gasteiger partial charge is 0.333 e. The fourth-order valence-electron chi connectivity index (χ4n) is 2.55. The summed E-state index contributed by atoms with van der Waals surface area (Å²) in [6, 6.07) is 13.6. The number of benzene rings is 2. The molecule has 0 radical (unpaired) electrons. The smallest absolute Gasteiger partial charge is 0.321 e. The predicted molar refractivity (Wildman–Crippen MR) is 101 cm³/mol. The number of imide groups is 1. The van der Waals surface area contributed by atoms with E-state index in [0.717, 1.165) is 5.56 Å². The predicted octanol–water partition coefficient (Wildman–Crippen LogP) is 3.28. The fraction of sp³-hybridized carbons (Fsp3) is 0.400. The molecule has 25 heavy (non-hydrogen) atoms. The number of amides is 3. The minimum atomic E-state index is -0.469. The Bertz CT molecular complexity index is 765. The van der Waals surface area contributed by atoms with Gasteiger partial charge in [-0.2, -0.15) is 0 Å². The van der Waals surface area contributed by atoms with E-state index in [-0.39, 0.29) is 11.4 Å². The number of likely N-dealkylation sites (N-methyl/N-ethyl adjacent to an activating group) is 1. The van der Waals surface area contributed by atoms with Crippen molar-refractivity contribution in [2.45, 2.75) is 45.8 Å². The number of hydrogen-bond donors (Lipinski definition) is 2. The van der Waals surface area contributed by atoms with Gasteiger partial charge < -0.3 is 5.32 Å². The number of fused-ring (bicyclic) bond motifs is 1. The molecule has 0 fully saturated rings. The summed E-state index contributed by atoms with van der Waals surface area (Å²) in [6.45, 7) is 8.02. The minimum absolute atomic E-state index is 0.315. The van der Waals surface area contributed by atoms with Gasteiger partial charge in [0.05, 0.1) is 6.04 Å². The highest BCUT2D eigenvalue weighted by Gasteiger charge is 2.22. The maximum atomic E-state index is 12.3. The molecule has 5 heteroatoms. The zero-order valence-corrected chi connectivity index (χ0v) is 15.6. The summed E-state index contributed by atoms with van der Waals surface area (Å²) >= 11 is 0. The molecular weight excluding hydrogens is 314 g/mol. The Kier molecular flexibility index (Phi) is 5.80. The van der Waals surface area contributed by atoms with Crippen molar-refractivity contribution in [2.75, 3.05) is 7.05 Å². The third-order valence-electron chi connectivity index (χ3n) is 4.01. The van der Waals surface area contributed by atoms with Gasteiger partial charge in [-0.1, -0.05) is 36.4 Å². The molecule has 2 rings (SSSR count). The molecule has 2 N–H and O–H groups in total. The van der Waals surface area contributed by atoms with Gasteiger partial charge in [-0.25, -0.2) is 4.79 Å². The van der Waals surface area contributed by atoms with Crippen LogP contribution in [0.1, 0.15) is 33.3 Å². The second-order valence-corrected chi connectivity index (χ2v) is 7.47. The molecule has 0 aromatic heterocycles. The van der Waals surface area contributed by atoms with Crippen molar-refractivity contribution in [3.05, 3.63) is 48.0 Å². The summed E-state index contributed by atoms with van der Waals surface area (Å²) in [5.74, 6) is -0.315. The van der Waals surface area contributed by atoms with E-state index >= 15 is 0 Å². The normalized spacial score (nSPS) is 12.9. The molecule has 0 saturated carbocycles. The van der Waals surface area contributed by atoms with Gasteiger partial charge in [-0.3, -0.25) is 15.0 Å². The molecule has 1 unspecified atom stereocenters. The number of carbonyl (C=O) groups is 2. The maximum Gasteiger partial charge on any atom is 0.321 e. The highest BCUT2D eigenvalue weighted by atomic mass is 16.2. The van der Waals surface area contributed by atoms with E-state index in [0.29, 0.717) is 6.54 Å². The molecular formula is C20H27N3O2. The second kappa shape index (κ2) is 7.66. The zero-order valence-electron chi connectivity index (χ0n) is 15.6. The summed E-state index contributed by atoms with van der Waals surface area (Å²) in [7, 11) is 1.88. The average molecular weight is 341 g/mol. The second-order valence-electron chi connectivity index (χ2n) is 7.47. The zero-order chi connectivity index (χ0) is 18.6. The Labute approximate surface area is 149 Å². The van der Waals surface area contributed by atoms with Crippen molar-refractivity contribution in [2.24, 2.45) is 0 Å². The van der Waals surface area contributed by atoms with E-state index in [9.17, 15) is 9.59 Å². The van der Waals surface area contributed by atoms with Gasteiger partial charge in [0.25, 0.3) is 0 Å². The summed E-state index contributed by atoms with van der Waals surface area (Å²) < 4.78 is 0. The fourth-order valence-corrected chi connectivity index (χ4v) is 2.55. The monoisotopic (exact) mass is 341 g/mol. The van der Waals surface area contributed by atoms with Gasteiger partial charge in [0.15, 0.2) is 0 Å². The molecule has 3 amide bonds. The molecule has 2 aromatic carbocycles. The van der Waals surface area contributed by atoms with Crippen LogP contribution in [0.3, 0.4) is 0 Å². The molecule has 1 atom stereocenters. The van der Waals surface area contributed by atoms with E-state index in [2.05, 4.69) is 41.0 Å². The van der Waals surface area contributed by atoms with Gasteiger partial charge in [0.1, 0.15) is 0 Å². The molecule has 0 aliphatic carbocycles. The summed E-state index contributed by atoms with van der Waals surface area (Å²) in [4.78, 5) is 26.0. The Morgan fingerprint density at radius 1 is 1.08 bits per heavy atom. The Hall–Kier alpha value is -2.40. The lowest BCUT2D eigenvalue weighted by Crippen LogP contribution is -2.52. The first kappa shape index (κ1) is 18.9. The lowest BCUT2D eigenvalue weighted by Gasteiger charge is -2.25. The van der Waals surface area contributed by atoms with E-state index < -0.39 is 12.1 Å². The molecule has 0 bridgehead atoms. The number of nitrogens with zero attached hydrogens (tertiary/aromatic N) is 1. The molecule has 134 valence electrons. The lowest BCUT2D eigenvalue weighted by molar-refractivity contribution is -0.124. The van der Waals surface area contributed by atoms with Crippen LogP contribution in [0, 0.1) is 0 Å². The standard InChI is InChI=1S/C20H27N3O2/c1-14(18(24)21-19(25)22-20(2,3)4)23(5)13-15-10-11-16-8-6-7-9-17(16)12-15/h6-12,14H,13H2,1-5H3,(H2,21,22,24,25). The molecule has 2 aromatic rings. The first-order valence-corrected chi connectivity index (χ1v) is 8.46.